The molecule has 0 saturated carbocycles. The highest BCUT2D eigenvalue weighted by Crippen LogP contribution is 2.30. The standard InChI is InChI=1S/C43H55N7O6S/c1-42(2,3)35(48-40(54)55)37(52)47-33(23-29-16-11-8-12-17-29)34(51)24-31(22-28-14-9-7-10-15-28)45-38(53)36(43(4,5)6)50-21-20-49(41(50)56)26-32-27-57-39(46-32)30-18-13-19-44-25-30/h7-19,25,27,31,33-36,48,51H,20-24,26H2,1-6H3,(H,45,53)(H,47,52)(H,54,55)/t31-,33-,34-,35+,36+/m0/s1. The highest BCUT2D eigenvalue weighted by molar-refractivity contribution is 7.13. The summed E-state index contributed by atoms with van der Waals surface area (Å²) in [5, 5.41) is 32.7. The van der Waals surface area contributed by atoms with Gasteiger partial charge in [0.25, 0.3) is 0 Å². The van der Waals surface area contributed by atoms with Gasteiger partial charge in [0.2, 0.25) is 11.8 Å². The first-order valence-electron chi connectivity index (χ1n) is 19.3. The van der Waals surface area contributed by atoms with E-state index in [1.165, 1.54) is 11.3 Å². The number of benzene rings is 2. The molecule has 0 bridgehead atoms. The zero-order valence-corrected chi connectivity index (χ0v) is 34.3. The van der Waals surface area contributed by atoms with Crippen LogP contribution in [0.15, 0.2) is 90.6 Å². The number of rotatable bonds is 16. The number of hydrogen-bond acceptors (Lipinski definition) is 8. The van der Waals surface area contributed by atoms with Crippen LogP contribution in [0.5, 0.6) is 0 Å². The molecule has 1 fully saturated rings. The van der Waals surface area contributed by atoms with Gasteiger partial charge in [-0.25, -0.2) is 14.6 Å². The molecule has 57 heavy (non-hydrogen) atoms. The largest absolute Gasteiger partial charge is 0.465 e. The predicted octanol–water partition coefficient (Wildman–Crippen LogP) is 5.75. The number of nitrogens with one attached hydrogen (secondary N) is 3. The van der Waals surface area contributed by atoms with E-state index in [9.17, 15) is 29.4 Å². The highest BCUT2D eigenvalue weighted by atomic mass is 32.1. The quantitative estimate of drug-likeness (QED) is 0.0953. The van der Waals surface area contributed by atoms with Crippen LogP contribution in [0.25, 0.3) is 10.6 Å². The number of amides is 5. The van der Waals surface area contributed by atoms with Gasteiger partial charge in [-0.3, -0.25) is 14.6 Å². The number of carbonyl (C=O) groups is 4. The summed E-state index contributed by atoms with van der Waals surface area (Å²) in [6.45, 7) is 12.1. The normalized spacial score (nSPS) is 16.0. The molecule has 3 heterocycles. The fraction of sp³-hybridized carbons (Fsp3) is 0.442. The Hall–Kier alpha value is -5.34. The van der Waals surface area contributed by atoms with Gasteiger partial charge in [-0.1, -0.05) is 102 Å². The number of carboxylic acid groups (broad SMARTS) is 1. The second-order valence-electron chi connectivity index (χ2n) is 16.8. The van der Waals surface area contributed by atoms with Crippen molar-refractivity contribution in [3.63, 3.8) is 0 Å². The van der Waals surface area contributed by atoms with Gasteiger partial charge in [0.05, 0.1) is 24.4 Å². The molecule has 4 aromatic rings. The van der Waals surface area contributed by atoms with E-state index in [1.807, 2.05) is 98.9 Å². The van der Waals surface area contributed by atoms with Crippen LogP contribution < -0.4 is 16.0 Å². The smallest absolute Gasteiger partial charge is 0.405 e. The number of pyridine rings is 1. The Labute approximate surface area is 338 Å². The van der Waals surface area contributed by atoms with Crippen molar-refractivity contribution in [2.45, 2.75) is 97.6 Å². The van der Waals surface area contributed by atoms with Gasteiger partial charge in [0, 0.05) is 42.5 Å². The SMILES string of the molecule is CC(C)(C)[C@H](NC(=O)O)C(=O)N[C@@H](Cc1ccccc1)[C@@H](O)C[C@H](Cc1ccccc1)NC(=O)[C@@H](N1CCN(Cc2csc(-c3cccnc3)n2)C1=O)C(C)(C)C. The van der Waals surface area contributed by atoms with Crippen LogP contribution in [-0.2, 0) is 29.0 Å². The van der Waals surface area contributed by atoms with Crippen molar-refractivity contribution in [1.82, 2.24) is 35.7 Å². The van der Waals surface area contributed by atoms with Crippen molar-refractivity contribution in [2.75, 3.05) is 13.1 Å². The number of aromatic nitrogens is 2. The van der Waals surface area contributed by atoms with Gasteiger partial charge in [0.15, 0.2) is 0 Å². The first kappa shape index (κ1) is 42.8. The van der Waals surface area contributed by atoms with E-state index < -0.39 is 53.1 Å². The number of aliphatic hydroxyl groups excluding tert-OH is 1. The Morgan fingerprint density at radius 2 is 1.47 bits per heavy atom. The van der Waals surface area contributed by atoms with Crippen molar-refractivity contribution >= 4 is 35.3 Å². The third kappa shape index (κ3) is 11.8. The molecule has 0 radical (unpaired) electrons. The molecule has 304 valence electrons. The van der Waals surface area contributed by atoms with Crippen LogP contribution in [-0.4, -0.2) is 97.3 Å². The minimum atomic E-state index is -1.33. The van der Waals surface area contributed by atoms with Gasteiger partial charge in [0.1, 0.15) is 17.1 Å². The first-order valence-corrected chi connectivity index (χ1v) is 20.1. The fourth-order valence-electron chi connectivity index (χ4n) is 7.23. The van der Waals surface area contributed by atoms with Gasteiger partial charge >= 0.3 is 12.1 Å². The van der Waals surface area contributed by atoms with E-state index in [4.69, 9.17) is 4.98 Å². The van der Waals surface area contributed by atoms with E-state index in [0.29, 0.717) is 26.1 Å². The lowest BCUT2D eigenvalue weighted by molar-refractivity contribution is -0.130. The molecule has 13 nitrogen and oxygen atoms in total. The molecule has 2 aromatic heterocycles. The molecule has 5 amide bonds. The summed E-state index contributed by atoms with van der Waals surface area (Å²) in [5.74, 6) is -0.912. The van der Waals surface area contributed by atoms with Gasteiger partial charge in [-0.15, -0.1) is 11.3 Å². The number of aliphatic hydroxyl groups is 1. The maximum absolute atomic E-state index is 14.5. The van der Waals surface area contributed by atoms with Crippen molar-refractivity contribution in [3.8, 4) is 10.6 Å². The Bertz CT molecular complexity index is 1950. The lowest BCUT2D eigenvalue weighted by Crippen LogP contribution is -2.59. The Morgan fingerprint density at radius 1 is 0.825 bits per heavy atom. The lowest BCUT2D eigenvalue weighted by atomic mass is 9.84. The summed E-state index contributed by atoms with van der Waals surface area (Å²) in [4.78, 5) is 66.2. The third-order valence-corrected chi connectivity index (χ3v) is 10.9. The van der Waals surface area contributed by atoms with Crippen LogP contribution >= 0.6 is 11.3 Å². The van der Waals surface area contributed by atoms with Crippen LogP contribution in [0.2, 0.25) is 0 Å². The Balaban J connectivity index is 1.36. The van der Waals surface area contributed by atoms with Crippen LogP contribution in [0.4, 0.5) is 9.59 Å². The number of thiazole rings is 1. The first-order chi connectivity index (χ1) is 27.0. The minimum Gasteiger partial charge on any atom is -0.465 e. The van der Waals surface area contributed by atoms with Crippen LogP contribution in [0.3, 0.4) is 0 Å². The van der Waals surface area contributed by atoms with Gasteiger partial charge in [-0.2, -0.15) is 0 Å². The fourth-order valence-corrected chi connectivity index (χ4v) is 8.03. The molecule has 2 aromatic carbocycles. The molecule has 5 atom stereocenters. The molecule has 1 saturated heterocycles. The van der Waals surface area contributed by atoms with Crippen molar-refractivity contribution < 1.29 is 29.4 Å². The molecule has 5 N–H and O–H groups in total. The van der Waals surface area contributed by atoms with Crippen molar-refractivity contribution in [1.29, 1.82) is 0 Å². The molecular weight excluding hydrogens is 743 g/mol. The lowest BCUT2D eigenvalue weighted by Gasteiger charge is -2.38. The van der Waals surface area contributed by atoms with Crippen LogP contribution in [0.1, 0.15) is 64.8 Å². The van der Waals surface area contributed by atoms with Crippen molar-refractivity contribution in [2.24, 2.45) is 10.8 Å². The number of urea groups is 1. The Kier molecular flexibility index (Phi) is 14.1. The molecular formula is C43H55N7O6S. The molecule has 1 aliphatic heterocycles. The number of hydrogen-bond donors (Lipinski definition) is 5. The third-order valence-electron chi connectivity index (χ3n) is 10.0. The highest BCUT2D eigenvalue weighted by Gasteiger charge is 2.44. The summed E-state index contributed by atoms with van der Waals surface area (Å²) in [7, 11) is 0. The average molecular weight is 798 g/mol. The van der Waals surface area contributed by atoms with E-state index in [1.54, 1.807) is 43.0 Å². The number of nitrogens with zero attached hydrogens (tertiary/aromatic N) is 4. The molecule has 0 unspecified atom stereocenters. The summed E-state index contributed by atoms with van der Waals surface area (Å²) in [6, 6.07) is 19.2. The summed E-state index contributed by atoms with van der Waals surface area (Å²) >= 11 is 1.49. The average Bonchev–Trinajstić information content (AvgIpc) is 3.76. The monoisotopic (exact) mass is 797 g/mol. The maximum Gasteiger partial charge on any atom is 0.405 e. The zero-order valence-electron chi connectivity index (χ0n) is 33.5. The second-order valence-corrected chi connectivity index (χ2v) is 17.7. The summed E-state index contributed by atoms with van der Waals surface area (Å²) in [5.41, 5.74) is 2.04. The number of carbonyl (C=O) groups excluding carboxylic acids is 3. The van der Waals surface area contributed by atoms with Crippen LogP contribution in [0, 0.1) is 10.8 Å². The topological polar surface area (TPSA) is 177 Å². The molecule has 0 aliphatic carbocycles. The minimum absolute atomic E-state index is 0.0605. The van der Waals surface area contributed by atoms with E-state index in [2.05, 4.69) is 20.9 Å². The van der Waals surface area contributed by atoms with E-state index in [-0.39, 0.29) is 24.8 Å². The second kappa shape index (κ2) is 18.7. The predicted molar refractivity (Wildman–Crippen MR) is 220 cm³/mol. The van der Waals surface area contributed by atoms with Crippen molar-refractivity contribution in [3.05, 3.63) is 107 Å². The molecule has 1 aliphatic rings. The van der Waals surface area contributed by atoms with E-state index >= 15 is 0 Å². The van der Waals surface area contributed by atoms with Gasteiger partial charge in [-0.05, 0) is 53.4 Å². The Morgan fingerprint density at radius 3 is 2.05 bits per heavy atom. The van der Waals surface area contributed by atoms with E-state index in [0.717, 1.165) is 27.4 Å². The molecule has 5 rings (SSSR count). The summed E-state index contributed by atoms with van der Waals surface area (Å²) in [6.07, 6.45) is 1.67. The molecule has 0 spiro atoms. The summed E-state index contributed by atoms with van der Waals surface area (Å²) < 4.78 is 0. The zero-order chi connectivity index (χ0) is 41.3. The van der Waals surface area contributed by atoms with Gasteiger partial charge < -0.3 is 36.0 Å². The molecule has 14 heteroatoms. The maximum atomic E-state index is 14.5.